The molecule has 5 nitrogen and oxygen atoms in total. The minimum Gasteiger partial charge on any atom is -0.480 e. The number of amides is 2. The van der Waals surface area contributed by atoms with Gasteiger partial charge in [-0.1, -0.05) is 0 Å². The first-order chi connectivity index (χ1) is 4.16. The average molecular weight is 131 g/mol. The third-order valence-electron chi connectivity index (χ3n) is 0.561. The Morgan fingerprint density at radius 2 is 2.11 bits per heavy atom. The van der Waals surface area contributed by atoms with Gasteiger partial charge < -0.3 is 15.7 Å². The number of hydrogen-bond acceptors (Lipinski definition) is 2. The molecule has 0 aliphatic carbocycles. The zero-order valence-corrected chi connectivity index (χ0v) is 4.68. The summed E-state index contributed by atoms with van der Waals surface area (Å²) in [6, 6.07) is -0.600. The molecule has 0 spiro atoms. The van der Waals surface area contributed by atoms with E-state index in [0.29, 0.717) is 0 Å². The SMILES string of the molecule is [CH2]NC(=O)NCC(=O)O. The van der Waals surface area contributed by atoms with Gasteiger partial charge in [0.25, 0.3) is 0 Å². The maximum absolute atomic E-state index is 10.2. The predicted molar refractivity (Wildman–Crippen MR) is 29.5 cm³/mol. The van der Waals surface area contributed by atoms with Crippen molar-refractivity contribution in [3.63, 3.8) is 0 Å². The maximum Gasteiger partial charge on any atom is 0.323 e. The first-order valence-corrected chi connectivity index (χ1v) is 2.19. The van der Waals surface area contributed by atoms with Crippen LogP contribution in [0.2, 0.25) is 0 Å². The number of carbonyl (C=O) groups is 2. The number of hydrogen-bond donors (Lipinski definition) is 3. The molecule has 0 bridgehead atoms. The van der Waals surface area contributed by atoms with Gasteiger partial charge in [-0.15, -0.1) is 0 Å². The lowest BCUT2D eigenvalue weighted by Gasteiger charge is -1.97. The first kappa shape index (κ1) is 7.74. The van der Waals surface area contributed by atoms with Gasteiger partial charge >= 0.3 is 12.0 Å². The lowest BCUT2D eigenvalue weighted by Crippen LogP contribution is -2.35. The summed E-state index contributed by atoms with van der Waals surface area (Å²) in [7, 11) is 3.01. The monoisotopic (exact) mass is 131 g/mol. The summed E-state index contributed by atoms with van der Waals surface area (Å²) in [6.07, 6.45) is 0. The molecule has 2 amide bonds. The van der Waals surface area contributed by atoms with Gasteiger partial charge in [-0.2, -0.15) is 0 Å². The van der Waals surface area contributed by atoms with Gasteiger partial charge in [-0.25, -0.2) is 4.79 Å². The van der Waals surface area contributed by atoms with Crippen LogP contribution in [0.25, 0.3) is 0 Å². The third-order valence-corrected chi connectivity index (χ3v) is 0.561. The minimum atomic E-state index is -1.08. The van der Waals surface area contributed by atoms with Crippen molar-refractivity contribution in [2.75, 3.05) is 6.54 Å². The molecular formula is C4H7N2O3. The summed E-state index contributed by atoms with van der Waals surface area (Å²) < 4.78 is 0. The molecule has 9 heavy (non-hydrogen) atoms. The number of nitrogens with one attached hydrogen (secondary N) is 2. The van der Waals surface area contributed by atoms with Gasteiger partial charge in [-0.3, -0.25) is 4.79 Å². The van der Waals surface area contributed by atoms with Crippen molar-refractivity contribution in [2.24, 2.45) is 0 Å². The van der Waals surface area contributed by atoms with Crippen LogP contribution in [0.1, 0.15) is 0 Å². The number of urea groups is 1. The van der Waals surface area contributed by atoms with E-state index in [2.05, 4.69) is 7.05 Å². The zero-order chi connectivity index (χ0) is 7.28. The smallest absolute Gasteiger partial charge is 0.323 e. The molecular weight excluding hydrogens is 124 g/mol. The summed E-state index contributed by atoms with van der Waals surface area (Å²) in [5.74, 6) is -1.08. The van der Waals surface area contributed by atoms with E-state index in [1.54, 1.807) is 0 Å². The van der Waals surface area contributed by atoms with E-state index >= 15 is 0 Å². The normalized spacial score (nSPS) is 8.11. The lowest BCUT2D eigenvalue weighted by atomic mass is 10.6. The fourth-order valence-corrected chi connectivity index (χ4v) is 0.218. The van der Waals surface area contributed by atoms with Crippen molar-refractivity contribution < 1.29 is 14.7 Å². The maximum atomic E-state index is 10.2. The van der Waals surface area contributed by atoms with Crippen molar-refractivity contribution in [3.05, 3.63) is 7.05 Å². The van der Waals surface area contributed by atoms with Crippen molar-refractivity contribution >= 4 is 12.0 Å². The van der Waals surface area contributed by atoms with Crippen molar-refractivity contribution in [1.29, 1.82) is 0 Å². The summed E-state index contributed by atoms with van der Waals surface area (Å²) in [4.78, 5) is 19.9. The summed E-state index contributed by atoms with van der Waals surface area (Å²) in [5.41, 5.74) is 0. The number of rotatable bonds is 2. The number of aliphatic carboxylic acids is 1. The van der Waals surface area contributed by atoms with Crippen LogP contribution in [-0.4, -0.2) is 23.7 Å². The minimum absolute atomic E-state index is 0.388. The summed E-state index contributed by atoms with van der Waals surface area (Å²) in [6.45, 7) is -0.388. The van der Waals surface area contributed by atoms with E-state index in [1.165, 1.54) is 0 Å². The standard InChI is InChI=1S/C4H7N2O3/c1-5-4(9)6-2-3(7)8/h1-2H2,(H,7,8)(H2,5,6,9). The Kier molecular flexibility index (Phi) is 3.19. The molecule has 0 unspecified atom stereocenters. The molecule has 0 aliphatic heterocycles. The second-order valence-electron chi connectivity index (χ2n) is 1.25. The Labute approximate surface area is 52.1 Å². The Morgan fingerprint density at radius 3 is 2.44 bits per heavy atom. The predicted octanol–water partition coefficient (Wildman–Crippen LogP) is -0.838. The molecule has 1 radical (unpaired) electrons. The second-order valence-corrected chi connectivity index (χ2v) is 1.25. The fraction of sp³-hybridized carbons (Fsp3) is 0.250. The highest BCUT2D eigenvalue weighted by Gasteiger charge is 1.98. The lowest BCUT2D eigenvalue weighted by molar-refractivity contribution is -0.135. The third kappa shape index (κ3) is 4.60. The van der Waals surface area contributed by atoms with Crippen LogP contribution in [0.15, 0.2) is 0 Å². The van der Waals surface area contributed by atoms with E-state index in [-0.39, 0.29) is 6.54 Å². The van der Waals surface area contributed by atoms with Gasteiger partial charge in [0.05, 0.1) is 0 Å². The molecule has 3 N–H and O–H groups in total. The van der Waals surface area contributed by atoms with Crippen LogP contribution in [0.5, 0.6) is 0 Å². The molecule has 0 fully saturated rings. The Bertz CT molecular complexity index is 123. The average Bonchev–Trinajstić information content (AvgIpc) is 1.83. The summed E-state index contributed by atoms with van der Waals surface area (Å²) in [5, 5.41) is 12.0. The van der Waals surface area contributed by atoms with Crippen molar-refractivity contribution in [1.82, 2.24) is 10.6 Å². The topological polar surface area (TPSA) is 78.4 Å². The highest BCUT2D eigenvalue weighted by molar-refractivity contribution is 5.79. The molecule has 0 saturated carbocycles. The quantitative estimate of drug-likeness (QED) is 0.457. The molecule has 0 saturated heterocycles. The first-order valence-electron chi connectivity index (χ1n) is 2.19. The van der Waals surface area contributed by atoms with Crippen molar-refractivity contribution in [3.8, 4) is 0 Å². The van der Waals surface area contributed by atoms with Gasteiger partial charge in [0, 0.05) is 7.05 Å². The molecule has 5 heteroatoms. The van der Waals surface area contributed by atoms with E-state index in [9.17, 15) is 9.59 Å². The molecule has 0 rings (SSSR count). The number of carboxylic acid groups (broad SMARTS) is 1. The number of carbonyl (C=O) groups excluding carboxylic acids is 1. The van der Waals surface area contributed by atoms with Crippen LogP contribution < -0.4 is 10.6 Å². The zero-order valence-electron chi connectivity index (χ0n) is 4.68. The summed E-state index contributed by atoms with van der Waals surface area (Å²) >= 11 is 0. The molecule has 0 aliphatic rings. The Balaban J connectivity index is 3.28. The van der Waals surface area contributed by atoms with Gasteiger partial charge in [0.2, 0.25) is 0 Å². The molecule has 0 aromatic carbocycles. The molecule has 0 atom stereocenters. The Morgan fingerprint density at radius 1 is 1.56 bits per heavy atom. The second kappa shape index (κ2) is 3.71. The molecule has 51 valence electrons. The van der Waals surface area contributed by atoms with Crippen LogP contribution in [0.3, 0.4) is 0 Å². The highest BCUT2D eigenvalue weighted by Crippen LogP contribution is 1.61. The fourth-order valence-electron chi connectivity index (χ4n) is 0.218. The molecule has 0 heterocycles. The van der Waals surface area contributed by atoms with Gasteiger partial charge in [0.1, 0.15) is 6.54 Å². The highest BCUT2D eigenvalue weighted by atomic mass is 16.4. The van der Waals surface area contributed by atoms with Crippen LogP contribution in [-0.2, 0) is 4.79 Å². The molecule has 0 aromatic rings. The molecule has 0 aromatic heterocycles. The van der Waals surface area contributed by atoms with Crippen molar-refractivity contribution in [2.45, 2.75) is 0 Å². The van der Waals surface area contributed by atoms with E-state index in [4.69, 9.17) is 5.11 Å². The largest absolute Gasteiger partial charge is 0.480 e. The van der Waals surface area contributed by atoms with Crippen LogP contribution in [0, 0.1) is 7.05 Å². The van der Waals surface area contributed by atoms with Gasteiger partial charge in [0.15, 0.2) is 0 Å². The van der Waals surface area contributed by atoms with E-state index in [0.717, 1.165) is 0 Å². The van der Waals surface area contributed by atoms with E-state index in [1.807, 2.05) is 10.6 Å². The van der Waals surface area contributed by atoms with E-state index < -0.39 is 12.0 Å². The van der Waals surface area contributed by atoms with Crippen LogP contribution >= 0.6 is 0 Å². The van der Waals surface area contributed by atoms with Crippen LogP contribution in [0.4, 0.5) is 4.79 Å². The Hall–Kier alpha value is -1.26. The van der Waals surface area contributed by atoms with Gasteiger partial charge in [-0.05, 0) is 0 Å². The number of carboxylic acids is 1.